The predicted molar refractivity (Wildman–Crippen MR) is 77.9 cm³/mol. The molecule has 1 N–H and O–H groups in total. The Labute approximate surface area is 117 Å². The fourth-order valence-corrected chi connectivity index (χ4v) is 2.09. The Kier molecular flexibility index (Phi) is 5.88. The summed E-state index contributed by atoms with van der Waals surface area (Å²) < 4.78 is 2.87. The van der Waals surface area contributed by atoms with Gasteiger partial charge in [0.1, 0.15) is 5.69 Å². The number of hydrogen-bond acceptors (Lipinski definition) is 2. The number of nitrogens with one attached hydrogen (secondary N) is 1. The Morgan fingerprint density at radius 2 is 2.22 bits per heavy atom. The average molecular weight is 316 g/mol. The Hall–Kier alpha value is -0.810. The van der Waals surface area contributed by atoms with Gasteiger partial charge in [0.2, 0.25) is 0 Å². The zero-order valence-electron chi connectivity index (χ0n) is 11.5. The van der Waals surface area contributed by atoms with Crippen LogP contribution in [0.25, 0.3) is 0 Å². The number of carbonyl (C=O) groups is 1. The fourth-order valence-electron chi connectivity index (χ4n) is 1.62. The Balaban J connectivity index is 2.50. The molecule has 0 aromatic carbocycles. The van der Waals surface area contributed by atoms with E-state index in [1.165, 1.54) is 0 Å². The van der Waals surface area contributed by atoms with Gasteiger partial charge in [-0.25, -0.2) is 0 Å². The van der Waals surface area contributed by atoms with Crippen LogP contribution in [-0.2, 0) is 6.54 Å². The molecule has 1 aromatic heterocycles. The number of likely N-dealkylation sites (N-methyl/N-ethyl adjacent to an activating group) is 1. The SMILES string of the molecule is CCn1cc(Br)cc1C(=O)NCCN(C)C(C)C. The van der Waals surface area contributed by atoms with Crippen molar-refractivity contribution in [3.63, 3.8) is 0 Å². The van der Waals surface area contributed by atoms with Crippen molar-refractivity contribution in [3.05, 3.63) is 22.4 Å². The predicted octanol–water partition coefficient (Wildman–Crippen LogP) is 2.34. The van der Waals surface area contributed by atoms with Crippen LogP contribution < -0.4 is 5.32 Å². The van der Waals surface area contributed by atoms with Crippen LogP contribution in [0.5, 0.6) is 0 Å². The van der Waals surface area contributed by atoms with Crippen LogP contribution in [0.1, 0.15) is 31.3 Å². The summed E-state index contributed by atoms with van der Waals surface area (Å²) in [6.07, 6.45) is 1.93. The molecule has 0 aliphatic carbocycles. The second kappa shape index (κ2) is 6.95. The molecule has 1 aromatic rings. The maximum atomic E-state index is 12.0. The zero-order valence-corrected chi connectivity index (χ0v) is 13.1. The van der Waals surface area contributed by atoms with E-state index in [0.717, 1.165) is 17.6 Å². The van der Waals surface area contributed by atoms with E-state index in [4.69, 9.17) is 0 Å². The maximum Gasteiger partial charge on any atom is 0.267 e. The van der Waals surface area contributed by atoms with E-state index in [1.54, 1.807) is 0 Å². The summed E-state index contributed by atoms with van der Waals surface area (Å²) in [6, 6.07) is 2.35. The Morgan fingerprint density at radius 1 is 1.56 bits per heavy atom. The fraction of sp³-hybridized carbons (Fsp3) is 0.615. The summed E-state index contributed by atoms with van der Waals surface area (Å²) in [5, 5.41) is 2.95. The van der Waals surface area contributed by atoms with Gasteiger partial charge in [0, 0.05) is 36.3 Å². The van der Waals surface area contributed by atoms with Crippen molar-refractivity contribution in [1.82, 2.24) is 14.8 Å². The number of aryl methyl sites for hydroxylation is 1. The van der Waals surface area contributed by atoms with E-state index in [9.17, 15) is 4.79 Å². The number of halogens is 1. The molecule has 0 aliphatic heterocycles. The first-order chi connectivity index (χ1) is 8.45. The molecule has 5 heteroatoms. The molecule has 1 heterocycles. The van der Waals surface area contributed by atoms with Crippen LogP contribution in [0.4, 0.5) is 0 Å². The summed E-state index contributed by atoms with van der Waals surface area (Å²) >= 11 is 3.39. The molecule has 0 aliphatic rings. The van der Waals surface area contributed by atoms with E-state index < -0.39 is 0 Å². The third-order valence-corrected chi connectivity index (χ3v) is 3.50. The molecule has 0 atom stereocenters. The number of aromatic nitrogens is 1. The van der Waals surface area contributed by atoms with E-state index in [-0.39, 0.29) is 5.91 Å². The van der Waals surface area contributed by atoms with Gasteiger partial charge in [-0.1, -0.05) is 0 Å². The highest BCUT2D eigenvalue weighted by Crippen LogP contribution is 2.14. The number of rotatable bonds is 6. The second-order valence-corrected chi connectivity index (χ2v) is 5.58. The van der Waals surface area contributed by atoms with Crippen LogP contribution >= 0.6 is 15.9 Å². The first-order valence-corrected chi connectivity index (χ1v) is 7.09. The highest BCUT2D eigenvalue weighted by atomic mass is 79.9. The Morgan fingerprint density at radius 3 is 2.78 bits per heavy atom. The van der Waals surface area contributed by atoms with Gasteiger partial charge < -0.3 is 14.8 Å². The van der Waals surface area contributed by atoms with Gasteiger partial charge in [-0.15, -0.1) is 0 Å². The molecule has 0 saturated carbocycles. The maximum absolute atomic E-state index is 12.0. The van der Waals surface area contributed by atoms with E-state index >= 15 is 0 Å². The molecule has 1 rings (SSSR count). The average Bonchev–Trinajstić information content (AvgIpc) is 2.70. The van der Waals surface area contributed by atoms with Crippen LogP contribution in [0.15, 0.2) is 16.7 Å². The van der Waals surface area contributed by atoms with Crippen molar-refractivity contribution in [3.8, 4) is 0 Å². The van der Waals surface area contributed by atoms with E-state index in [2.05, 4.69) is 47.0 Å². The van der Waals surface area contributed by atoms with Crippen molar-refractivity contribution in [2.45, 2.75) is 33.4 Å². The molecular formula is C13H22BrN3O. The normalized spacial score (nSPS) is 11.3. The minimum absolute atomic E-state index is 0.0142. The van der Waals surface area contributed by atoms with Gasteiger partial charge >= 0.3 is 0 Å². The van der Waals surface area contributed by atoms with Crippen molar-refractivity contribution in [1.29, 1.82) is 0 Å². The largest absolute Gasteiger partial charge is 0.349 e. The number of nitrogens with zero attached hydrogens (tertiary/aromatic N) is 2. The lowest BCUT2D eigenvalue weighted by Crippen LogP contribution is -2.36. The van der Waals surface area contributed by atoms with Crippen molar-refractivity contribution in [2.75, 3.05) is 20.1 Å². The topological polar surface area (TPSA) is 37.3 Å². The third kappa shape index (κ3) is 4.14. The lowest BCUT2D eigenvalue weighted by Gasteiger charge is -2.20. The quantitative estimate of drug-likeness (QED) is 0.875. The molecular weight excluding hydrogens is 294 g/mol. The molecule has 0 saturated heterocycles. The zero-order chi connectivity index (χ0) is 13.7. The molecule has 18 heavy (non-hydrogen) atoms. The first kappa shape index (κ1) is 15.2. The summed E-state index contributed by atoms with van der Waals surface area (Å²) in [4.78, 5) is 14.2. The van der Waals surface area contributed by atoms with Gasteiger partial charge in [0.15, 0.2) is 0 Å². The molecule has 102 valence electrons. The minimum Gasteiger partial charge on any atom is -0.349 e. The molecule has 0 unspecified atom stereocenters. The van der Waals surface area contributed by atoms with Gasteiger partial charge in [0.05, 0.1) is 0 Å². The summed E-state index contributed by atoms with van der Waals surface area (Å²) in [7, 11) is 2.06. The molecule has 4 nitrogen and oxygen atoms in total. The second-order valence-electron chi connectivity index (χ2n) is 4.66. The molecule has 0 radical (unpaired) electrons. The molecule has 1 amide bonds. The number of carbonyl (C=O) groups excluding carboxylic acids is 1. The smallest absolute Gasteiger partial charge is 0.267 e. The van der Waals surface area contributed by atoms with Crippen LogP contribution in [-0.4, -0.2) is 41.6 Å². The minimum atomic E-state index is -0.0142. The Bertz CT molecular complexity index is 401. The molecule has 0 spiro atoms. The van der Waals surface area contributed by atoms with Crippen molar-refractivity contribution >= 4 is 21.8 Å². The number of hydrogen-bond donors (Lipinski definition) is 1. The van der Waals surface area contributed by atoms with Crippen LogP contribution in [0, 0.1) is 0 Å². The highest BCUT2D eigenvalue weighted by molar-refractivity contribution is 9.10. The lowest BCUT2D eigenvalue weighted by atomic mass is 10.3. The van der Waals surface area contributed by atoms with Gasteiger partial charge in [-0.3, -0.25) is 4.79 Å². The molecule has 0 fully saturated rings. The van der Waals surface area contributed by atoms with E-state index in [0.29, 0.717) is 18.3 Å². The summed E-state index contributed by atoms with van der Waals surface area (Å²) in [5.41, 5.74) is 0.705. The monoisotopic (exact) mass is 315 g/mol. The van der Waals surface area contributed by atoms with Gasteiger partial charge in [-0.05, 0) is 49.8 Å². The first-order valence-electron chi connectivity index (χ1n) is 6.29. The van der Waals surface area contributed by atoms with Crippen LogP contribution in [0.2, 0.25) is 0 Å². The van der Waals surface area contributed by atoms with Crippen molar-refractivity contribution in [2.24, 2.45) is 0 Å². The standard InChI is InChI=1S/C13H22BrN3O/c1-5-17-9-11(14)8-12(17)13(18)15-6-7-16(4)10(2)3/h8-10H,5-7H2,1-4H3,(H,15,18). The summed E-state index contributed by atoms with van der Waals surface area (Å²) in [6.45, 7) is 8.62. The lowest BCUT2D eigenvalue weighted by molar-refractivity contribution is 0.0939. The third-order valence-electron chi connectivity index (χ3n) is 3.07. The highest BCUT2D eigenvalue weighted by Gasteiger charge is 2.12. The summed E-state index contributed by atoms with van der Waals surface area (Å²) in [5.74, 6) is -0.0142. The number of amides is 1. The van der Waals surface area contributed by atoms with Crippen LogP contribution in [0.3, 0.4) is 0 Å². The van der Waals surface area contributed by atoms with Gasteiger partial charge in [-0.2, -0.15) is 0 Å². The van der Waals surface area contributed by atoms with Gasteiger partial charge in [0.25, 0.3) is 5.91 Å². The van der Waals surface area contributed by atoms with Crippen molar-refractivity contribution < 1.29 is 4.79 Å². The van der Waals surface area contributed by atoms with E-state index in [1.807, 2.05) is 23.8 Å². The molecule has 0 bridgehead atoms.